The summed E-state index contributed by atoms with van der Waals surface area (Å²) >= 11 is 0. The smallest absolute Gasteiger partial charge is 0.322 e. The SMILES string of the molecule is COC(=O)C(N)C[C@H]1CC2(CCN(C(C)=O)CC2)NC1=O. The minimum absolute atomic E-state index is 0.0503. The summed E-state index contributed by atoms with van der Waals surface area (Å²) in [5.41, 5.74) is 5.50. The Bertz CT molecular complexity index is 444. The lowest BCUT2D eigenvalue weighted by Crippen LogP contribution is -2.51. The van der Waals surface area contributed by atoms with Crippen molar-refractivity contribution in [3.8, 4) is 0 Å². The van der Waals surface area contributed by atoms with Gasteiger partial charge in [0, 0.05) is 31.5 Å². The summed E-state index contributed by atoms with van der Waals surface area (Å²) in [6.45, 7) is 2.88. The number of esters is 1. The quantitative estimate of drug-likeness (QED) is 0.677. The second kappa shape index (κ2) is 6.01. The number of amides is 2. The first-order valence-electron chi connectivity index (χ1n) is 7.28. The molecule has 3 N–H and O–H groups in total. The van der Waals surface area contributed by atoms with Crippen LogP contribution in [0, 0.1) is 5.92 Å². The highest BCUT2D eigenvalue weighted by Gasteiger charge is 2.46. The molecule has 118 valence electrons. The van der Waals surface area contributed by atoms with Gasteiger partial charge >= 0.3 is 5.97 Å². The van der Waals surface area contributed by atoms with Crippen LogP contribution in [0.4, 0.5) is 0 Å². The molecular formula is C14H23N3O4. The molecule has 0 aromatic rings. The van der Waals surface area contributed by atoms with Crippen molar-refractivity contribution >= 4 is 17.8 Å². The number of carbonyl (C=O) groups is 3. The maximum Gasteiger partial charge on any atom is 0.322 e. The van der Waals surface area contributed by atoms with Gasteiger partial charge in [0.25, 0.3) is 0 Å². The highest BCUT2D eigenvalue weighted by atomic mass is 16.5. The number of nitrogens with two attached hydrogens (primary N) is 1. The minimum Gasteiger partial charge on any atom is -0.468 e. The third kappa shape index (κ3) is 3.34. The molecule has 2 fully saturated rings. The number of hydrogen-bond donors (Lipinski definition) is 2. The first-order valence-corrected chi connectivity index (χ1v) is 7.28. The van der Waals surface area contributed by atoms with Crippen molar-refractivity contribution in [2.24, 2.45) is 11.7 Å². The number of methoxy groups -OCH3 is 1. The highest BCUT2D eigenvalue weighted by Crippen LogP contribution is 2.36. The highest BCUT2D eigenvalue weighted by molar-refractivity contribution is 5.84. The molecule has 0 aromatic heterocycles. The van der Waals surface area contributed by atoms with Crippen LogP contribution in [-0.4, -0.2) is 54.5 Å². The zero-order valence-electron chi connectivity index (χ0n) is 12.6. The standard InChI is InChI=1S/C14H23N3O4/c1-9(18)17-5-3-14(4-6-17)8-10(12(19)16-14)7-11(15)13(20)21-2/h10-11H,3-8,15H2,1-2H3,(H,16,19)/t10-,11?/m0/s1. The average molecular weight is 297 g/mol. The van der Waals surface area contributed by atoms with Gasteiger partial charge in [-0.1, -0.05) is 0 Å². The fraction of sp³-hybridized carbons (Fsp3) is 0.786. The number of rotatable bonds is 3. The van der Waals surface area contributed by atoms with E-state index in [2.05, 4.69) is 10.1 Å². The number of hydrogen-bond acceptors (Lipinski definition) is 5. The molecule has 2 saturated heterocycles. The van der Waals surface area contributed by atoms with Crippen LogP contribution in [0.3, 0.4) is 0 Å². The number of nitrogens with one attached hydrogen (secondary N) is 1. The van der Waals surface area contributed by atoms with Gasteiger partial charge in [-0.15, -0.1) is 0 Å². The van der Waals surface area contributed by atoms with Crippen molar-refractivity contribution in [2.75, 3.05) is 20.2 Å². The van der Waals surface area contributed by atoms with Crippen LogP contribution in [0.25, 0.3) is 0 Å². The zero-order valence-corrected chi connectivity index (χ0v) is 12.6. The summed E-state index contributed by atoms with van der Waals surface area (Å²) in [5.74, 6) is -0.734. The fourth-order valence-corrected chi connectivity index (χ4v) is 3.30. The lowest BCUT2D eigenvalue weighted by atomic mass is 9.82. The summed E-state index contributed by atoms with van der Waals surface area (Å²) in [6, 6.07) is -0.766. The Morgan fingerprint density at radius 3 is 2.62 bits per heavy atom. The van der Waals surface area contributed by atoms with Crippen LogP contribution in [0.1, 0.15) is 32.6 Å². The predicted octanol–water partition coefficient (Wildman–Crippen LogP) is -0.606. The summed E-state index contributed by atoms with van der Waals surface area (Å²) in [7, 11) is 1.29. The third-order valence-corrected chi connectivity index (χ3v) is 4.60. The molecule has 2 amide bonds. The largest absolute Gasteiger partial charge is 0.468 e. The van der Waals surface area contributed by atoms with Crippen molar-refractivity contribution in [1.29, 1.82) is 0 Å². The van der Waals surface area contributed by atoms with Gasteiger partial charge in [0.1, 0.15) is 6.04 Å². The van der Waals surface area contributed by atoms with Gasteiger partial charge in [-0.2, -0.15) is 0 Å². The molecule has 0 saturated carbocycles. The van der Waals surface area contributed by atoms with E-state index in [0.29, 0.717) is 25.9 Å². The molecule has 21 heavy (non-hydrogen) atoms. The Balaban J connectivity index is 1.94. The zero-order chi connectivity index (χ0) is 15.6. The van der Waals surface area contributed by atoms with Crippen molar-refractivity contribution in [3.63, 3.8) is 0 Å². The van der Waals surface area contributed by atoms with Crippen LogP contribution in [-0.2, 0) is 19.1 Å². The van der Waals surface area contributed by atoms with Crippen molar-refractivity contribution in [1.82, 2.24) is 10.2 Å². The monoisotopic (exact) mass is 297 g/mol. The van der Waals surface area contributed by atoms with Gasteiger partial charge < -0.3 is 20.7 Å². The average Bonchev–Trinajstić information content (AvgIpc) is 2.74. The molecule has 2 heterocycles. The molecule has 7 heteroatoms. The lowest BCUT2D eigenvalue weighted by molar-refractivity contribution is -0.142. The maximum absolute atomic E-state index is 12.1. The van der Waals surface area contributed by atoms with Crippen LogP contribution in [0.5, 0.6) is 0 Å². The molecule has 1 unspecified atom stereocenters. The van der Waals surface area contributed by atoms with Crippen LogP contribution in [0.15, 0.2) is 0 Å². The molecule has 2 aliphatic rings. The van der Waals surface area contributed by atoms with E-state index in [1.165, 1.54) is 7.11 Å². The van der Waals surface area contributed by atoms with E-state index in [0.717, 1.165) is 12.8 Å². The van der Waals surface area contributed by atoms with E-state index in [1.54, 1.807) is 11.8 Å². The molecule has 0 aromatic carbocycles. The summed E-state index contributed by atoms with van der Waals surface area (Å²) in [5, 5.41) is 3.06. The van der Waals surface area contributed by atoms with Gasteiger partial charge in [-0.25, -0.2) is 0 Å². The second-order valence-electron chi connectivity index (χ2n) is 6.04. The third-order valence-electron chi connectivity index (χ3n) is 4.60. The molecule has 2 rings (SSSR count). The van der Waals surface area contributed by atoms with E-state index in [-0.39, 0.29) is 23.3 Å². The lowest BCUT2D eigenvalue weighted by Gasteiger charge is -2.39. The van der Waals surface area contributed by atoms with E-state index in [9.17, 15) is 14.4 Å². The van der Waals surface area contributed by atoms with Gasteiger partial charge in [-0.05, 0) is 25.7 Å². The summed E-state index contributed by atoms with van der Waals surface area (Å²) in [4.78, 5) is 36.6. The van der Waals surface area contributed by atoms with E-state index in [4.69, 9.17) is 5.73 Å². The predicted molar refractivity (Wildman–Crippen MR) is 75.1 cm³/mol. The van der Waals surface area contributed by atoms with Crippen molar-refractivity contribution in [3.05, 3.63) is 0 Å². The number of nitrogens with zero attached hydrogens (tertiary/aromatic N) is 1. The summed E-state index contributed by atoms with van der Waals surface area (Å²) in [6.07, 6.45) is 2.48. The number of ether oxygens (including phenoxy) is 1. The molecule has 0 radical (unpaired) electrons. The van der Waals surface area contributed by atoms with E-state index in [1.807, 2.05) is 0 Å². The minimum atomic E-state index is -0.766. The number of piperidine rings is 1. The molecule has 2 atom stereocenters. The van der Waals surface area contributed by atoms with Crippen molar-refractivity contribution in [2.45, 2.75) is 44.2 Å². The molecule has 0 bridgehead atoms. The molecule has 7 nitrogen and oxygen atoms in total. The van der Waals surface area contributed by atoms with Gasteiger partial charge in [0.2, 0.25) is 11.8 Å². The number of likely N-dealkylation sites (tertiary alicyclic amines) is 1. The molecule has 1 spiro atoms. The molecular weight excluding hydrogens is 274 g/mol. The Labute approximate surface area is 124 Å². The van der Waals surface area contributed by atoms with Crippen LogP contribution in [0.2, 0.25) is 0 Å². The Kier molecular flexibility index (Phi) is 4.51. The van der Waals surface area contributed by atoms with E-state index >= 15 is 0 Å². The maximum atomic E-state index is 12.1. The van der Waals surface area contributed by atoms with E-state index < -0.39 is 12.0 Å². The number of carbonyl (C=O) groups excluding carboxylic acids is 3. The molecule has 2 aliphatic heterocycles. The van der Waals surface area contributed by atoms with Crippen molar-refractivity contribution < 1.29 is 19.1 Å². The fourth-order valence-electron chi connectivity index (χ4n) is 3.30. The topological polar surface area (TPSA) is 102 Å². The first-order chi connectivity index (χ1) is 9.87. The Morgan fingerprint density at radius 1 is 1.48 bits per heavy atom. The second-order valence-corrected chi connectivity index (χ2v) is 6.04. The van der Waals surface area contributed by atoms with Crippen LogP contribution >= 0.6 is 0 Å². The van der Waals surface area contributed by atoms with Gasteiger partial charge in [0.05, 0.1) is 7.11 Å². The van der Waals surface area contributed by atoms with Gasteiger partial charge in [0.15, 0.2) is 0 Å². The first kappa shape index (κ1) is 15.8. The Morgan fingerprint density at radius 2 is 2.10 bits per heavy atom. The molecule has 0 aliphatic carbocycles. The van der Waals surface area contributed by atoms with Crippen LogP contribution < -0.4 is 11.1 Å². The summed E-state index contributed by atoms with van der Waals surface area (Å²) < 4.78 is 4.60. The Hall–Kier alpha value is -1.63. The normalized spacial score (nSPS) is 25.6. The van der Waals surface area contributed by atoms with Gasteiger partial charge in [-0.3, -0.25) is 14.4 Å².